The zero-order valence-corrected chi connectivity index (χ0v) is 66.9. The van der Waals surface area contributed by atoms with Gasteiger partial charge < -0.3 is 18.8 Å². The van der Waals surface area contributed by atoms with Crippen molar-refractivity contribution in [2.24, 2.45) is 0 Å². The summed E-state index contributed by atoms with van der Waals surface area (Å²) in [5, 5.41) is 11.9. The van der Waals surface area contributed by atoms with Gasteiger partial charge in [-0.05, 0) is 136 Å². The highest BCUT2D eigenvalue weighted by atomic mass is 32.2. The zero-order valence-electron chi connectivity index (χ0n) is 66.1. The maximum atomic E-state index is 14.3. The van der Waals surface area contributed by atoms with Crippen molar-refractivity contribution in [2.45, 2.75) is 115 Å². The molecule has 0 aliphatic carbocycles. The fourth-order valence-electron chi connectivity index (χ4n) is 15.0. The number of ether oxygens (including phenoxy) is 2. The van der Waals surface area contributed by atoms with E-state index in [4.69, 9.17) is 14.5 Å². The smallest absolute Gasteiger partial charge is 0.505 e. The van der Waals surface area contributed by atoms with E-state index in [0.717, 1.165) is 84.9 Å². The largest absolute Gasteiger partial charge is 0.534 e. The number of alkyl halides is 3. The molecule has 0 bridgehead atoms. The summed E-state index contributed by atoms with van der Waals surface area (Å²) in [5.74, 6) is -6.69. The van der Waals surface area contributed by atoms with Crippen LogP contribution in [0.25, 0.3) is 44.9 Å². The van der Waals surface area contributed by atoms with Gasteiger partial charge in [0, 0.05) is 34.7 Å². The minimum atomic E-state index is -6.30. The number of fused-ring (bicyclic) bond motifs is 6. The van der Waals surface area contributed by atoms with Crippen LogP contribution in [0.1, 0.15) is 202 Å². The summed E-state index contributed by atoms with van der Waals surface area (Å²) in [5.41, 5.74) is 0.0420. The number of phenolic OH excluding ortho intramolecular Hbond substituents is 1. The van der Waals surface area contributed by atoms with Gasteiger partial charge in [0.1, 0.15) is 57.3 Å². The van der Waals surface area contributed by atoms with E-state index in [1.54, 1.807) is 97.3 Å². The number of aromatic nitrogens is 3. The third-order valence-electron chi connectivity index (χ3n) is 21.0. The molecule has 122 heavy (non-hydrogen) atoms. The lowest BCUT2D eigenvalue weighted by Crippen LogP contribution is -2.30. The van der Waals surface area contributed by atoms with Crippen molar-refractivity contribution >= 4 is 90.4 Å². The first-order valence-corrected chi connectivity index (χ1v) is 41.2. The molecule has 618 valence electrons. The molecule has 1 N–H and O–H groups in total. The number of allylic oxidation sites excluding steroid dienone is 2. The van der Waals surface area contributed by atoms with Crippen molar-refractivity contribution in [3.05, 3.63) is 362 Å². The van der Waals surface area contributed by atoms with Crippen LogP contribution in [0.2, 0.25) is 0 Å². The van der Waals surface area contributed by atoms with E-state index < -0.39 is 98.3 Å². The average Bonchev–Trinajstić information content (AvgIpc) is 1.54. The number of carbonyl (C=O) groups is 6. The van der Waals surface area contributed by atoms with Gasteiger partial charge in [0.05, 0.1) is 41.9 Å². The standard InChI is InChI=1S/C39H35FN2O3.C32H20F4N2O6S.C26H25FN2O3/c1-2-3-4-5-6-13-19-31-32-20-14-25-41-35(32)37(45-36(28-15-9-7-10-16-28)29-17-11-8-12-18-29)34-33(31)38(43)42(39(34)44)26-27-21-23-30(40)24-22-27;33-22-15-13-19(14-16-22)18-38-30(39)24-25(31(38)40)29(43-27(20-8-3-1-4-9-20)21-10-5-2-6-11-21)26-23(12-7-17-37-26)28(24)44-45(41,42)32(34,35)36;1-2-3-4-5-6-7-9-19-20-10-8-15-28-23(20)24(30)22-21(19)25(31)29(26(22)32)16-17-11-13-18(27)14-12-17/h7-25,36H,2-6,26H2,1H3;1-17,27H,18H2;7-15,30H,2-6,16H2,1H3/b19-13+;;9-7+. The van der Waals surface area contributed by atoms with Gasteiger partial charge in [-0.1, -0.05) is 247 Å². The Morgan fingerprint density at radius 3 is 1.06 bits per heavy atom. The Kier molecular flexibility index (Phi) is 26.0. The van der Waals surface area contributed by atoms with Crippen molar-refractivity contribution in [3.8, 4) is 23.0 Å². The fourth-order valence-corrected chi connectivity index (χ4v) is 15.5. The summed E-state index contributed by atoms with van der Waals surface area (Å²) in [6.45, 7) is 3.94. The Morgan fingerprint density at radius 1 is 0.377 bits per heavy atom. The minimum absolute atomic E-state index is 0.00396. The monoisotopic (exact) mass is 1670 g/mol. The van der Waals surface area contributed by atoms with E-state index in [1.165, 1.54) is 84.6 Å². The minimum Gasteiger partial charge on any atom is -0.505 e. The maximum Gasteiger partial charge on any atom is 0.534 e. The summed E-state index contributed by atoms with van der Waals surface area (Å²) in [7, 11) is -6.30. The van der Waals surface area contributed by atoms with E-state index >= 15 is 0 Å². The third-order valence-corrected chi connectivity index (χ3v) is 22.0. The predicted octanol–water partition coefficient (Wildman–Crippen LogP) is 21.7. The van der Waals surface area contributed by atoms with Gasteiger partial charge in [0.25, 0.3) is 35.4 Å². The molecule has 6 amide bonds. The molecule has 16 rings (SSSR count). The number of halogens is 6. The number of hydrogen-bond donors (Lipinski definition) is 1. The van der Waals surface area contributed by atoms with E-state index in [-0.39, 0.29) is 63.7 Å². The lowest BCUT2D eigenvalue weighted by Gasteiger charge is -2.23. The van der Waals surface area contributed by atoms with E-state index in [1.807, 2.05) is 91.0 Å². The lowest BCUT2D eigenvalue weighted by molar-refractivity contribution is -0.0500. The second kappa shape index (κ2) is 37.6. The number of hydrogen-bond acceptors (Lipinski definition) is 15. The lowest BCUT2D eigenvalue weighted by atomic mass is 9.95. The number of rotatable bonds is 28. The van der Waals surface area contributed by atoms with Crippen LogP contribution in [0, 0.1) is 17.5 Å². The number of amides is 6. The van der Waals surface area contributed by atoms with Crippen LogP contribution in [0.4, 0.5) is 26.3 Å². The highest BCUT2D eigenvalue weighted by Crippen LogP contribution is 2.50. The first kappa shape index (κ1) is 84.5. The summed E-state index contributed by atoms with van der Waals surface area (Å²) in [4.78, 5) is 99.1. The first-order chi connectivity index (χ1) is 59.0. The number of benzene rings is 10. The van der Waals surface area contributed by atoms with Crippen LogP contribution in [-0.4, -0.2) is 84.1 Å². The molecule has 0 saturated carbocycles. The number of phenols is 1. The van der Waals surface area contributed by atoms with Gasteiger partial charge in [-0.25, -0.2) is 13.2 Å². The van der Waals surface area contributed by atoms with E-state index in [2.05, 4.69) is 34.1 Å². The number of carbonyl (C=O) groups excluding carboxylic acids is 6. The Hall–Kier alpha value is -13.9. The van der Waals surface area contributed by atoms with Crippen LogP contribution in [-0.2, 0) is 29.8 Å². The van der Waals surface area contributed by atoms with E-state index in [9.17, 15) is 68.6 Å². The summed E-state index contributed by atoms with van der Waals surface area (Å²) < 4.78 is 123. The Labute approximate surface area is 699 Å². The SMILES string of the molecule is CCCCCC/C=C/c1c2c(c(O)c3ncccc13)C(=O)N(Cc1ccc(F)cc1)C2=O.CCCCCC/C=C/c1c2c(c(OC(c3ccccc3)c3ccccc3)c3ncccc13)C(=O)N(Cc1ccc(F)cc1)C2=O.O=C1c2c(c(OC(c3ccccc3)c3ccccc3)c3ncccc3c2OS(=O)(=O)C(F)(F)F)C(=O)N1Cc1ccc(F)cc1. The van der Waals surface area contributed by atoms with Crippen LogP contribution in [0.3, 0.4) is 0 Å². The van der Waals surface area contributed by atoms with Crippen molar-refractivity contribution in [3.63, 3.8) is 0 Å². The zero-order chi connectivity index (χ0) is 85.8. The quantitative estimate of drug-likeness (QED) is 0.0158. The number of aromatic hydroxyl groups is 1. The fraction of sp³-hybridized carbons (Fsp3) is 0.186. The van der Waals surface area contributed by atoms with E-state index in [0.29, 0.717) is 65.8 Å². The highest BCUT2D eigenvalue weighted by Gasteiger charge is 2.52. The number of pyridine rings is 3. The second-order valence-electron chi connectivity index (χ2n) is 29.2. The topological polar surface area (TPSA) is 233 Å². The van der Waals surface area contributed by atoms with Gasteiger partial charge in [-0.15, -0.1) is 0 Å². The van der Waals surface area contributed by atoms with Crippen molar-refractivity contribution in [1.29, 1.82) is 0 Å². The molecule has 0 saturated heterocycles. The molecular formula is C97H80F6N6O12S. The molecule has 3 aliphatic rings. The summed E-state index contributed by atoms with van der Waals surface area (Å²) in [6, 6.07) is 63.4. The van der Waals surface area contributed by atoms with Crippen LogP contribution < -0.4 is 13.7 Å². The van der Waals surface area contributed by atoms with Crippen molar-refractivity contribution in [2.75, 3.05) is 0 Å². The molecular weight excluding hydrogens is 1590 g/mol. The van der Waals surface area contributed by atoms with Crippen molar-refractivity contribution < 1.29 is 82.3 Å². The molecule has 0 fully saturated rings. The Morgan fingerprint density at radius 2 is 0.689 bits per heavy atom. The molecule has 0 atom stereocenters. The second-order valence-corrected chi connectivity index (χ2v) is 30.7. The number of unbranched alkanes of at least 4 members (excludes halogenated alkanes) is 8. The van der Waals surface area contributed by atoms with Gasteiger partial charge >= 0.3 is 15.6 Å². The molecule has 13 aromatic rings. The molecule has 0 spiro atoms. The summed E-state index contributed by atoms with van der Waals surface area (Å²) in [6.07, 6.45) is 21.7. The maximum absolute atomic E-state index is 14.3. The van der Waals surface area contributed by atoms with Crippen LogP contribution in [0.15, 0.2) is 261 Å². The van der Waals surface area contributed by atoms with Gasteiger partial charge in [-0.2, -0.15) is 21.6 Å². The molecule has 10 aromatic carbocycles. The van der Waals surface area contributed by atoms with Gasteiger partial charge in [-0.3, -0.25) is 58.4 Å². The average molecular weight is 1670 g/mol. The highest BCUT2D eigenvalue weighted by molar-refractivity contribution is 7.88. The van der Waals surface area contributed by atoms with Gasteiger partial charge in [0.15, 0.2) is 23.0 Å². The molecule has 6 heterocycles. The summed E-state index contributed by atoms with van der Waals surface area (Å²) >= 11 is 0. The molecule has 25 heteroatoms. The Balaban J connectivity index is 0.000000152. The molecule has 18 nitrogen and oxygen atoms in total. The first-order valence-electron chi connectivity index (χ1n) is 39.8. The molecule has 0 unspecified atom stereocenters. The van der Waals surface area contributed by atoms with Gasteiger partial charge in [0.2, 0.25) is 0 Å². The molecule has 3 aliphatic heterocycles. The normalized spacial score (nSPS) is 13.2. The predicted molar refractivity (Wildman–Crippen MR) is 451 cm³/mol. The van der Waals surface area contributed by atoms with Crippen LogP contribution >= 0.6 is 0 Å². The number of nitrogens with zero attached hydrogens (tertiary/aromatic N) is 6. The molecule has 3 aromatic heterocycles. The van der Waals surface area contributed by atoms with Crippen molar-refractivity contribution in [1.82, 2.24) is 29.7 Å². The number of imide groups is 3. The third kappa shape index (κ3) is 18.0. The molecule has 0 radical (unpaired) electrons. The van der Waals surface area contributed by atoms with Crippen LogP contribution in [0.5, 0.6) is 23.0 Å². The Bertz CT molecular complexity index is 6190.